The third kappa shape index (κ3) is 2.80. The summed E-state index contributed by atoms with van der Waals surface area (Å²) in [6.07, 6.45) is 12.5. The molecule has 6 aliphatic rings. The second kappa shape index (κ2) is 6.40. The molecule has 0 aromatic rings. The largest absolute Gasteiger partial charge is 0.396 e. The fourth-order valence-electron chi connectivity index (χ4n) is 7.48. The first-order valence-electron chi connectivity index (χ1n) is 11.2. The van der Waals surface area contributed by atoms with Gasteiger partial charge in [-0.25, -0.2) is 4.99 Å². The Bertz CT molecular complexity index is 643. The smallest absolute Gasteiger partial charge is 0.152 e. The maximum absolute atomic E-state index is 10.2. The van der Waals surface area contributed by atoms with E-state index in [-0.39, 0.29) is 17.0 Å². The molecule has 0 saturated heterocycles. The van der Waals surface area contributed by atoms with Gasteiger partial charge in [0.1, 0.15) is 6.17 Å². The summed E-state index contributed by atoms with van der Waals surface area (Å²) in [7, 11) is 0. The van der Waals surface area contributed by atoms with Crippen LogP contribution in [0.3, 0.4) is 0 Å². The van der Waals surface area contributed by atoms with E-state index < -0.39 is 0 Å². The summed E-state index contributed by atoms with van der Waals surface area (Å²) in [4.78, 5) is 10.2. The van der Waals surface area contributed by atoms with E-state index in [1.54, 1.807) is 0 Å². The third-order valence-corrected chi connectivity index (χ3v) is 7.90. The summed E-state index contributed by atoms with van der Waals surface area (Å²) >= 11 is 0. The first-order valence-corrected chi connectivity index (χ1v) is 11.2. The zero-order chi connectivity index (χ0) is 18.6. The van der Waals surface area contributed by atoms with Crippen molar-refractivity contribution in [2.24, 2.45) is 27.7 Å². The van der Waals surface area contributed by atoms with E-state index in [1.807, 2.05) is 0 Å². The highest BCUT2D eigenvalue weighted by molar-refractivity contribution is 6.00. The lowest BCUT2D eigenvalue weighted by atomic mass is 9.43. The van der Waals surface area contributed by atoms with Crippen LogP contribution in [0.25, 0.3) is 0 Å². The van der Waals surface area contributed by atoms with Gasteiger partial charge in [-0.15, -0.1) is 0 Å². The first kappa shape index (κ1) is 17.8. The lowest BCUT2D eigenvalue weighted by molar-refractivity contribution is -0.139. The Hall–Kier alpha value is -1.23. The van der Waals surface area contributed by atoms with Crippen LogP contribution >= 0.6 is 0 Å². The second-order valence-electron chi connectivity index (χ2n) is 10.2. The zero-order valence-electron chi connectivity index (χ0n) is 17.1. The van der Waals surface area contributed by atoms with Gasteiger partial charge in [-0.05, 0) is 68.6 Å². The van der Waals surface area contributed by atoms with Gasteiger partial charge in [-0.1, -0.05) is 13.8 Å². The molecule has 27 heavy (non-hydrogen) atoms. The Labute approximate surface area is 163 Å². The van der Waals surface area contributed by atoms with Gasteiger partial charge in [0.25, 0.3) is 0 Å². The van der Waals surface area contributed by atoms with Crippen LogP contribution in [0.15, 0.2) is 16.9 Å². The van der Waals surface area contributed by atoms with Gasteiger partial charge < -0.3 is 20.2 Å². The van der Waals surface area contributed by atoms with Gasteiger partial charge in [0, 0.05) is 31.3 Å². The van der Waals surface area contributed by atoms with Crippen LogP contribution in [0.2, 0.25) is 0 Å². The van der Waals surface area contributed by atoms with Gasteiger partial charge >= 0.3 is 0 Å². The van der Waals surface area contributed by atoms with Crippen LogP contribution in [0.4, 0.5) is 0 Å². The Morgan fingerprint density at radius 3 is 2.56 bits per heavy atom. The maximum Gasteiger partial charge on any atom is 0.152 e. The fourth-order valence-corrected chi connectivity index (χ4v) is 7.48. The zero-order valence-corrected chi connectivity index (χ0v) is 17.1. The molecule has 150 valence electrons. The Morgan fingerprint density at radius 2 is 1.89 bits per heavy atom. The van der Waals surface area contributed by atoms with E-state index in [9.17, 15) is 5.11 Å². The van der Waals surface area contributed by atoms with Crippen LogP contribution in [-0.4, -0.2) is 53.3 Å². The molecule has 2 heterocycles. The lowest BCUT2D eigenvalue weighted by Crippen LogP contribution is -2.58. The van der Waals surface area contributed by atoms with Crippen molar-refractivity contribution in [3.63, 3.8) is 0 Å². The molecule has 2 N–H and O–H groups in total. The molecule has 3 unspecified atom stereocenters. The van der Waals surface area contributed by atoms with Crippen molar-refractivity contribution in [2.75, 3.05) is 26.4 Å². The van der Waals surface area contributed by atoms with Gasteiger partial charge in [0.2, 0.25) is 0 Å². The molecular formula is C22H36N4O. The lowest BCUT2D eigenvalue weighted by Gasteiger charge is -2.62. The van der Waals surface area contributed by atoms with Crippen molar-refractivity contribution < 1.29 is 5.11 Å². The van der Waals surface area contributed by atoms with Crippen molar-refractivity contribution in [1.82, 2.24) is 15.1 Å². The summed E-state index contributed by atoms with van der Waals surface area (Å²) in [5, 5.41) is 14.1. The summed E-state index contributed by atoms with van der Waals surface area (Å²) in [5.41, 5.74) is 1.68. The first-order chi connectivity index (χ1) is 13.1. The van der Waals surface area contributed by atoms with E-state index >= 15 is 0 Å². The van der Waals surface area contributed by atoms with Crippen molar-refractivity contribution in [1.29, 1.82) is 0 Å². The van der Waals surface area contributed by atoms with E-state index in [0.717, 1.165) is 44.4 Å². The number of fused-ring (bicyclic) bond motifs is 1. The van der Waals surface area contributed by atoms with Crippen molar-refractivity contribution >= 4 is 5.84 Å². The molecule has 6 rings (SSSR count). The highest BCUT2D eigenvalue weighted by atomic mass is 16.3. The predicted molar refractivity (Wildman–Crippen MR) is 108 cm³/mol. The molecule has 4 saturated carbocycles. The van der Waals surface area contributed by atoms with Gasteiger partial charge in [0.05, 0.1) is 12.4 Å². The standard InChI is InChI=1S/C22H36N4O/c1-3-5-25-12-18-19(26(15-25)6-4-2)24-20(23-18)22-10-16-7-17(11-22)9-21(8-16,13-22)14-27/h12,16-17,20,23,27H,3-11,13-15H2,1-2H3. The number of rotatable bonds is 6. The van der Waals surface area contributed by atoms with Crippen LogP contribution in [0, 0.1) is 22.7 Å². The van der Waals surface area contributed by atoms with Crippen LogP contribution in [0.5, 0.6) is 0 Å². The number of aliphatic hydroxyl groups is 1. The number of nitrogens with zero attached hydrogens (tertiary/aromatic N) is 3. The second-order valence-corrected chi connectivity index (χ2v) is 10.2. The number of hydrogen-bond acceptors (Lipinski definition) is 5. The molecule has 2 aliphatic heterocycles. The molecule has 5 nitrogen and oxygen atoms in total. The normalized spacial score (nSPS) is 42.1. The summed E-state index contributed by atoms with van der Waals surface area (Å²) < 4.78 is 0. The van der Waals surface area contributed by atoms with E-state index in [0.29, 0.717) is 6.61 Å². The fraction of sp³-hybridized carbons (Fsp3) is 0.864. The minimum atomic E-state index is 0.186. The van der Waals surface area contributed by atoms with Crippen molar-refractivity contribution in [2.45, 2.75) is 71.4 Å². The molecule has 4 aliphatic carbocycles. The number of aliphatic imine (C=N–C) groups is 1. The van der Waals surface area contributed by atoms with Crippen LogP contribution in [0.1, 0.15) is 65.2 Å². The van der Waals surface area contributed by atoms with Crippen LogP contribution < -0.4 is 5.32 Å². The SMILES string of the molecule is CCCN1C=C2NC(C34CC5CC(CC(CO)(C5)C3)C4)N=C2N(CCC)C1. The molecule has 0 aromatic carbocycles. The average molecular weight is 373 g/mol. The molecular weight excluding hydrogens is 336 g/mol. The van der Waals surface area contributed by atoms with E-state index in [2.05, 4.69) is 35.2 Å². The maximum atomic E-state index is 10.2. The third-order valence-electron chi connectivity index (χ3n) is 7.90. The van der Waals surface area contributed by atoms with E-state index in [4.69, 9.17) is 4.99 Å². The topological polar surface area (TPSA) is 51.1 Å². The van der Waals surface area contributed by atoms with Gasteiger partial charge in [0.15, 0.2) is 5.84 Å². The highest BCUT2D eigenvalue weighted by Gasteiger charge is 2.61. The molecule has 0 spiro atoms. The molecule has 0 amide bonds. The minimum Gasteiger partial charge on any atom is -0.396 e. The molecule has 4 fully saturated rings. The Balaban J connectivity index is 1.45. The Kier molecular flexibility index (Phi) is 4.23. The predicted octanol–water partition coefficient (Wildman–Crippen LogP) is 3.13. The molecule has 3 atom stereocenters. The minimum absolute atomic E-state index is 0.186. The van der Waals surface area contributed by atoms with Crippen molar-refractivity contribution in [3.05, 3.63) is 11.9 Å². The van der Waals surface area contributed by atoms with Crippen molar-refractivity contribution in [3.8, 4) is 0 Å². The molecule has 0 radical (unpaired) electrons. The summed E-state index contributed by atoms with van der Waals surface area (Å²) in [6.45, 7) is 8.03. The number of aliphatic hydroxyl groups excluding tert-OH is 1. The summed E-state index contributed by atoms with van der Waals surface area (Å²) in [5.74, 6) is 2.81. The average Bonchev–Trinajstić information content (AvgIpc) is 3.07. The molecule has 0 aromatic heterocycles. The van der Waals surface area contributed by atoms with E-state index in [1.165, 1.54) is 50.1 Å². The number of nitrogens with one attached hydrogen (secondary N) is 1. The van der Waals surface area contributed by atoms with Gasteiger partial charge in [-0.3, -0.25) is 0 Å². The Morgan fingerprint density at radius 1 is 1.15 bits per heavy atom. The highest BCUT2D eigenvalue weighted by Crippen LogP contribution is 2.66. The number of hydrogen-bond donors (Lipinski definition) is 2. The number of amidine groups is 1. The molecule has 5 heteroatoms. The summed E-state index contributed by atoms with van der Waals surface area (Å²) in [6, 6.07) is 0. The monoisotopic (exact) mass is 372 g/mol. The molecule has 4 bridgehead atoms. The van der Waals surface area contributed by atoms with Gasteiger partial charge in [-0.2, -0.15) is 0 Å². The quantitative estimate of drug-likeness (QED) is 0.752. The van der Waals surface area contributed by atoms with Crippen LogP contribution in [-0.2, 0) is 0 Å².